The Bertz CT molecular complexity index is 1160. The molecule has 0 spiro atoms. The largest absolute Gasteiger partial charge is 0.483 e. The Kier molecular flexibility index (Phi) is 6.43. The van der Waals surface area contributed by atoms with Gasteiger partial charge in [0.05, 0.1) is 5.69 Å². The second-order valence-corrected chi connectivity index (χ2v) is 9.58. The first kappa shape index (κ1) is 21.6. The Morgan fingerprint density at radius 1 is 1.00 bits per heavy atom. The van der Waals surface area contributed by atoms with Gasteiger partial charge in [-0.1, -0.05) is 47.7 Å². The number of thioether (sulfide) groups is 1. The smallest absolute Gasteiger partial charge is 0.191 e. The standard InChI is InChI=1S/C24H26N4OS2/c1-15-6-8-19(9-7-15)23-25-20(13-30-23)14-31-24-27-26-22(28(24)5)18(4)29-21-11-16(2)10-17(3)12-21/h6-13,18H,14H2,1-5H3. The molecule has 0 fully saturated rings. The molecule has 2 aromatic carbocycles. The third kappa shape index (κ3) is 5.17. The van der Waals surface area contributed by atoms with Crippen LogP contribution in [0, 0.1) is 20.8 Å². The second kappa shape index (κ2) is 9.24. The molecule has 7 heteroatoms. The molecule has 0 saturated heterocycles. The Balaban J connectivity index is 1.41. The van der Waals surface area contributed by atoms with E-state index in [1.807, 2.05) is 30.7 Å². The molecule has 0 saturated carbocycles. The van der Waals surface area contributed by atoms with Gasteiger partial charge in [0.25, 0.3) is 0 Å². The number of benzene rings is 2. The van der Waals surface area contributed by atoms with E-state index >= 15 is 0 Å². The minimum atomic E-state index is -0.194. The maximum atomic E-state index is 6.14. The quantitative estimate of drug-likeness (QED) is 0.309. The summed E-state index contributed by atoms with van der Waals surface area (Å²) in [5, 5.41) is 12.8. The summed E-state index contributed by atoms with van der Waals surface area (Å²) >= 11 is 3.31. The van der Waals surface area contributed by atoms with E-state index in [1.165, 1.54) is 16.7 Å². The molecule has 4 rings (SSSR count). The summed E-state index contributed by atoms with van der Waals surface area (Å²) in [5.74, 6) is 2.41. The highest BCUT2D eigenvalue weighted by Gasteiger charge is 2.18. The summed E-state index contributed by atoms with van der Waals surface area (Å²) in [6.45, 7) is 8.25. The predicted molar refractivity (Wildman–Crippen MR) is 128 cm³/mol. The van der Waals surface area contributed by atoms with Crippen molar-refractivity contribution in [1.29, 1.82) is 0 Å². The van der Waals surface area contributed by atoms with E-state index in [9.17, 15) is 0 Å². The average Bonchev–Trinajstić information content (AvgIpc) is 3.33. The number of hydrogen-bond acceptors (Lipinski definition) is 6. The van der Waals surface area contributed by atoms with Crippen LogP contribution in [0.4, 0.5) is 0 Å². The fourth-order valence-corrected chi connectivity index (χ4v) is 5.15. The van der Waals surface area contributed by atoms with E-state index in [0.717, 1.165) is 38.7 Å². The van der Waals surface area contributed by atoms with Gasteiger partial charge < -0.3 is 9.30 Å². The highest BCUT2D eigenvalue weighted by Crippen LogP contribution is 2.29. The van der Waals surface area contributed by atoms with Crippen LogP contribution in [0.15, 0.2) is 53.0 Å². The van der Waals surface area contributed by atoms with Crippen LogP contribution in [-0.4, -0.2) is 19.7 Å². The van der Waals surface area contributed by atoms with Gasteiger partial charge in [-0.05, 0) is 51.0 Å². The Morgan fingerprint density at radius 2 is 1.71 bits per heavy atom. The van der Waals surface area contributed by atoms with E-state index in [0.29, 0.717) is 0 Å². The molecule has 31 heavy (non-hydrogen) atoms. The summed E-state index contributed by atoms with van der Waals surface area (Å²) in [4.78, 5) is 4.78. The molecule has 0 radical (unpaired) electrons. The zero-order valence-electron chi connectivity index (χ0n) is 18.4. The van der Waals surface area contributed by atoms with Crippen LogP contribution in [0.2, 0.25) is 0 Å². The lowest BCUT2D eigenvalue weighted by Gasteiger charge is -2.15. The lowest BCUT2D eigenvalue weighted by atomic mass is 10.1. The SMILES string of the molecule is Cc1ccc(-c2nc(CSc3nnc(C(C)Oc4cc(C)cc(C)c4)n3C)cs2)cc1. The number of rotatable bonds is 7. The van der Waals surface area contributed by atoms with Crippen molar-refractivity contribution in [2.24, 2.45) is 7.05 Å². The van der Waals surface area contributed by atoms with Gasteiger partial charge in [0.15, 0.2) is 17.1 Å². The maximum absolute atomic E-state index is 6.14. The summed E-state index contributed by atoms with van der Waals surface area (Å²) in [6, 6.07) is 14.7. The summed E-state index contributed by atoms with van der Waals surface area (Å²) in [5.41, 5.74) is 5.83. The number of aryl methyl sites for hydroxylation is 3. The second-order valence-electron chi connectivity index (χ2n) is 7.78. The number of hydrogen-bond donors (Lipinski definition) is 0. The molecular formula is C24H26N4OS2. The van der Waals surface area contributed by atoms with Crippen molar-refractivity contribution < 1.29 is 4.74 Å². The van der Waals surface area contributed by atoms with E-state index in [2.05, 4.69) is 66.7 Å². The van der Waals surface area contributed by atoms with E-state index < -0.39 is 0 Å². The fraction of sp³-hybridized carbons (Fsp3) is 0.292. The minimum absolute atomic E-state index is 0.194. The van der Waals surface area contributed by atoms with Gasteiger partial charge in [-0.25, -0.2) is 4.98 Å². The van der Waals surface area contributed by atoms with Gasteiger partial charge in [0.2, 0.25) is 0 Å². The summed E-state index contributed by atoms with van der Waals surface area (Å²) in [6.07, 6.45) is -0.194. The predicted octanol–water partition coefficient (Wildman–Crippen LogP) is 6.30. The van der Waals surface area contributed by atoms with E-state index in [-0.39, 0.29) is 6.10 Å². The molecule has 0 bridgehead atoms. The van der Waals surface area contributed by atoms with Gasteiger partial charge in [-0.2, -0.15) is 0 Å². The lowest BCUT2D eigenvalue weighted by molar-refractivity contribution is 0.211. The Labute approximate surface area is 191 Å². The minimum Gasteiger partial charge on any atom is -0.483 e. The zero-order valence-corrected chi connectivity index (χ0v) is 20.0. The first-order valence-corrected chi connectivity index (χ1v) is 12.0. The third-order valence-corrected chi connectivity index (χ3v) is 6.93. The number of ether oxygens (including phenoxy) is 1. The molecule has 4 aromatic rings. The number of thiazole rings is 1. The summed E-state index contributed by atoms with van der Waals surface area (Å²) in [7, 11) is 1.98. The fourth-order valence-electron chi connectivity index (χ4n) is 3.40. The first-order valence-electron chi connectivity index (χ1n) is 10.2. The van der Waals surface area contributed by atoms with Crippen LogP contribution in [0.3, 0.4) is 0 Å². The first-order chi connectivity index (χ1) is 14.9. The van der Waals surface area contributed by atoms with Crippen molar-refractivity contribution in [2.75, 3.05) is 0 Å². The maximum Gasteiger partial charge on any atom is 0.191 e. The average molecular weight is 451 g/mol. The number of nitrogens with zero attached hydrogens (tertiary/aromatic N) is 4. The van der Waals surface area contributed by atoms with Gasteiger partial charge in [-0.3, -0.25) is 0 Å². The monoisotopic (exact) mass is 450 g/mol. The van der Waals surface area contributed by atoms with Crippen molar-refractivity contribution in [1.82, 2.24) is 19.7 Å². The van der Waals surface area contributed by atoms with Gasteiger partial charge in [-0.15, -0.1) is 21.5 Å². The molecule has 2 aromatic heterocycles. The molecular weight excluding hydrogens is 424 g/mol. The molecule has 0 aliphatic rings. The molecule has 0 amide bonds. The number of aromatic nitrogens is 4. The van der Waals surface area contributed by atoms with Gasteiger partial charge in [0, 0.05) is 23.7 Å². The highest BCUT2D eigenvalue weighted by atomic mass is 32.2. The topological polar surface area (TPSA) is 52.8 Å². The van der Waals surface area contributed by atoms with Crippen molar-refractivity contribution in [3.63, 3.8) is 0 Å². The van der Waals surface area contributed by atoms with Crippen LogP contribution in [-0.2, 0) is 12.8 Å². The van der Waals surface area contributed by atoms with E-state index in [4.69, 9.17) is 9.72 Å². The third-order valence-electron chi connectivity index (χ3n) is 4.94. The van der Waals surface area contributed by atoms with Crippen molar-refractivity contribution in [2.45, 2.75) is 44.7 Å². The van der Waals surface area contributed by atoms with Crippen molar-refractivity contribution in [3.05, 3.63) is 76.1 Å². The zero-order chi connectivity index (χ0) is 22.0. The van der Waals surface area contributed by atoms with Crippen LogP contribution in [0.25, 0.3) is 10.6 Å². The van der Waals surface area contributed by atoms with Gasteiger partial charge in [0.1, 0.15) is 10.8 Å². The van der Waals surface area contributed by atoms with Crippen LogP contribution >= 0.6 is 23.1 Å². The molecule has 5 nitrogen and oxygen atoms in total. The highest BCUT2D eigenvalue weighted by molar-refractivity contribution is 7.98. The summed E-state index contributed by atoms with van der Waals surface area (Å²) < 4.78 is 8.14. The Morgan fingerprint density at radius 3 is 2.42 bits per heavy atom. The molecule has 160 valence electrons. The van der Waals surface area contributed by atoms with Crippen molar-refractivity contribution >= 4 is 23.1 Å². The molecule has 1 atom stereocenters. The molecule has 0 N–H and O–H groups in total. The molecule has 2 heterocycles. The van der Waals surface area contributed by atoms with E-state index in [1.54, 1.807) is 23.1 Å². The molecule has 0 aliphatic heterocycles. The Hall–Kier alpha value is -2.64. The molecule has 1 unspecified atom stereocenters. The lowest BCUT2D eigenvalue weighted by Crippen LogP contribution is -2.10. The van der Waals surface area contributed by atoms with Crippen LogP contribution in [0.5, 0.6) is 5.75 Å². The van der Waals surface area contributed by atoms with Crippen molar-refractivity contribution in [3.8, 4) is 16.3 Å². The molecule has 0 aliphatic carbocycles. The van der Waals surface area contributed by atoms with Crippen LogP contribution in [0.1, 0.15) is 41.2 Å². The normalized spacial score (nSPS) is 12.2. The van der Waals surface area contributed by atoms with Gasteiger partial charge >= 0.3 is 0 Å². The van der Waals surface area contributed by atoms with Crippen LogP contribution < -0.4 is 4.74 Å².